The van der Waals surface area contributed by atoms with Crippen molar-refractivity contribution >= 4 is 11.8 Å². The molecule has 2 atom stereocenters. The highest BCUT2D eigenvalue weighted by Gasteiger charge is 2.23. The number of nitrogens with two attached hydrogens (primary N) is 1. The molecule has 1 aliphatic heterocycles. The van der Waals surface area contributed by atoms with Gasteiger partial charge >= 0.3 is 0 Å². The van der Waals surface area contributed by atoms with Crippen LogP contribution in [0.3, 0.4) is 0 Å². The molecule has 0 amide bonds. The molecule has 1 heterocycles. The van der Waals surface area contributed by atoms with Crippen LogP contribution in [0.5, 0.6) is 0 Å². The monoisotopic (exact) mass is 243 g/mol. The molecule has 4 heteroatoms. The second-order valence-corrected chi connectivity index (χ2v) is 5.50. The molecule has 0 aromatic heterocycles. The first-order valence-electron chi connectivity index (χ1n) is 5.48. The summed E-state index contributed by atoms with van der Waals surface area (Å²) in [7, 11) is 0. The second-order valence-electron chi connectivity index (χ2n) is 4.16. The maximum atomic E-state index is 13.4. The highest BCUT2D eigenvalue weighted by atomic mass is 32.2. The van der Waals surface area contributed by atoms with Crippen molar-refractivity contribution in [3.8, 4) is 0 Å². The lowest BCUT2D eigenvalue weighted by atomic mass is 10.0. The summed E-state index contributed by atoms with van der Waals surface area (Å²) in [4.78, 5) is 0. The van der Waals surface area contributed by atoms with E-state index in [1.807, 2.05) is 11.8 Å². The van der Waals surface area contributed by atoms with E-state index in [2.05, 4.69) is 0 Å². The van der Waals surface area contributed by atoms with Gasteiger partial charge in [0.05, 0.1) is 0 Å². The van der Waals surface area contributed by atoms with Crippen LogP contribution < -0.4 is 5.73 Å². The van der Waals surface area contributed by atoms with Crippen molar-refractivity contribution in [2.45, 2.75) is 30.6 Å². The fraction of sp³-hybridized carbons (Fsp3) is 0.500. The minimum atomic E-state index is -0.400. The van der Waals surface area contributed by atoms with Crippen molar-refractivity contribution < 1.29 is 8.78 Å². The Labute approximate surface area is 98.4 Å². The molecule has 1 aromatic carbocycles. The fourth-order valence-electron chi connectivity index (χ4n) is 2.03. The van der Waals surface area contributed by atoms with Crippen LogP contribution in [0.1, 0.15) is 18.4 Å². The Kier molecular flexibility index (Phi) is 3.82. The third-order valence-corrected chi connectivity index (χ3v) is 4.44. The number of hydrogen-bond acceptors (Lipinski definition) is 2. The first kappa shape index (κ1) is 11.9. The minimum Gasteiger partial charge on any atom is -0.326 e. The Morgan fingerprint density at radius 1 is 1.44 bits per heavy atom. The molecule has 88 valence electrons. The number of benzene rings is 1. The lowest BCUT2D eigenvalue weighted by Gasteiger charge is -2.18. The van der Waals surface area contributed by atoms with E-state index in [-0.39, 0.29) is 11.9 Å². The van der Waals surface area contributed by atoms with Gasteiger partial charge in [0.25, 0.3) is 0 Å². The van der Waals surface area contributed by atoms with E-state index < -0.39 is 5.82 Å². The quantitative estimate of drug-likeness (QED) is 0.883. The highest BCUT2D eigenvalue weighted by Crippen LogP contribution is 2.29. The Hall–Kier alpha value is -0.610. The zero-order valence-electron chi connectivity index (χ0n) is 8.96. The molecule has 16 heavy (non-hydrogen) atoms. The van der Waals surface area contributed by atoms with Gasteiger partial charge in [-0.2, -0.15) is 11.8 Å². The Morgan fingerprint density at radius 2 is 2.25 bits per heavy atom. The third-order valence-electron chi connectivity index (χ3n) is 2.91. The Balaban J connectivity index is 2.04. The van der Waals surface area contributed by atoms with E-state index >= 15 is 0 Å². The summed E-state index contributed by atoms with van der Waals surface area (Å²) in [5.41, 5.74) is 6.41. The minimum absolute atomic E-state index is 0.0798. The van der Waals surface area contributed by atoms with E-state index in [1.165, 1.54) is 18.6 Å². The second kappa shape index (κ2) is 5.15. The van der Waals surface area contributed by atoms with Gasteiger partial charge in [-0.05, 0) is 48.8 Å². The molecule has 0 saturated carbocycles. The van der Waals surface area contributed by atoms with Crippen LogP contribution in [0.2, 0.25) is 0 Å². The average molecular weight is 243 g/mol. The Bertz CT molecular complexity index is 364. The average Bonchev–Trinajstić information content (AvgIpc) is 2.76. The van der Waals surface area contributed by atoms with Crippen molar-refractivity contribution in [2.24, 2.45) is 5.73 Å². The summed E-state index contributed by atoms with van der Waals surface area (Å²) >= 11 is 1.84. The summed E-state index contributed by atoms with van der Waals surface area (Å²) < 4.78 is 26.3. The van der Waals surface area contributed by atoms with Crippen LogP contribution in [-0.4, -0.2) is 17.0 Å². The van der Waals surface area contributed by atoms with Crippen LogP contribution >= 0.6 is 11.8 Å². The largest absolute Gasteiger partial charge is 0.326 e. The van der Waals surface area contributed by atoms with E-state index in [0.29, 0.717) is 17.2 Å². The first-order valence-corrected chi connectivity index (χ1v) is 6.53. The van der Waals surface area contributed by atoms with Crippen molar-refractivity contribution in [1.82, 2.24) is 0 Å². The Morgan fingerprint density at radius 3 is 2.94 bits per heavy atom. The molecular weight excluding hydrogens is 228 g/mol. The zero-order valence-corrected chi connectivity index (χ0v) is 9.77. The molecule has 2 unspecified atom stereocenters. The van der Waals surface area contributed by atoms with E-state index in [4.69, 9.17) is 5.73 Å². The van der Waals surface area contributed by atoms with Gasteiger partial charge in [-0.3, -0.25) is 0 Å². The standard InChI is InChI=1S/C12H15F2NS/c13-9-3-4-10(14)8(6-9)7-11(15)12-2-1-5-16-12/h3-4,6,11-12H,1-2,5,7,15H2. The van der Waals surface area contributed by atoms with Gasteiger partial charge in [-0.15, -0.1) is 0 Å². The van der Waals surface area contributed by atoms with E-state index in [9.17, 15) is 8.78 Å². The summed E-state index contributed by atoms with van der Waals surface area (Å²) in [5, 5.41) is 0.391. The van der Waals surface area contributed by atoms with Gasteiger partial charge in [0.15, 0.2) is 0 Å². The van der Waals surface area contributed by atoms with Crippen molar-refractivity contribution in [3.05, 3.63) is 35.4 Å². The molecule has 1 fully saturated rings. The van der Waals surface area contributed by atoms with Crippen LogP contribution in [0.15, 0.2) is 18.2 Å². The van der Waals surface area contributed by atoms with Gasteiger partial charge in [0.2, 0.25) is 0 Å². The predicted octanol–water partition coefficient (Wildman–Crippen LogP) is 2.73. The molecule has 1 aliphatic rings. The number of halogens is 2. The topological polar surface area (TPSA) is 26.0 Å². The molecule has 0 radical (unpaired) electrons. The number of hydrogen-bond donors (Lipinski definition) is 1. The molecular formula is C12H15F2NS. The lowest BCUT2D eigenvalue weighted by Crippen LogP contribution is -2.33. The van der Waals surface area contributed by atoms with Crippen LogP contribution in [0.4, 0.5) is 8.78 Å². The summed E-state index contributed by atoms with van der Waals surface area (Å²) in [6, 6.07) is 3.46. The van der Waals surface area contributed by atoms with E-state index in [1.54, 1.807) is 0 Å². The maximum absolute atomic E-state index is 13.4. The normalized spacial score (nSPS) is 22.3. The van der Waals surface area contributed by atoms with Crippen LogP contribution in [0.25, 0.3) is 0 Å². The van der Waals surface area contributed by atoms with Crippen molar-refractivity contribution in [2.75, 3.05) is 5.75 Å². The molecule has 2 N–H and O–H groups in total. The smallest absolute Gasteiger partial charge is 0.126 e. The molecule has 1 nitrogen and oxygen atoms in total. The SMILES string of the molecule is NC(Cc1cc(F)ccc1F)C1CCCS1. The van der Waals surface area contributed by atoms with Crippen molar-refractivity contribution in [1.29, 1.82) is 0 Å². The molecule has 1 saturated heterocycles. The summed E-state index contributed by atoms with van der Waals surface area (Å²) in [6.07, 6.45) is 2.68. The van der Waals surface area contributed by atoms with E-state index in [0.717, 1.165) is 18.2 Å². The van der Waals surface area contributed by atoms with Crippen molar-refractivity contribution in [3.63, 3.8) is 0 Å². The predicted molar refractivity (Wildman–Crippen MR) is 63.5 cm³/mol. The van der Waals surface area contributed by atoms with Gasteiger partial charge in [0, 0.05) is 11.3 Å². The summed E-state index contributed by atoms with van der Waals surface area (Å²) in [6.45, 7) is 0. The number of rotatable bonds is 3. The van der Waals surface area contributed by atoms with Gasteiger partial charge in [-0.25, -0.2) is 8.78 Å². The third kappa shape index (κ3) is 2.74. The van der Waals surface area contributed by atoms with Gasteiger partial charge < -0.3 is 5.73 Å². The molecule has 0 aliphatic carbocycles. The molecule has 1 aromatic rings. The van der Waals surface area contributed by atoms with Gasteiger partial charge in [0.1, 0.15) is 11.6 Å². The first-order chi connectivity index (χ1) is 7.66. The highest BCUT2D eigenvalue weighted by molar-refractivity contribution is 8.00. The molecule has 0 bridgehead atoms. The lowest BCUT2D eigenvalue weighted by molar-refractivity contribution is 0.554. The number of thioether (sulfide) groups is 1. The van der Waals surface area contributed by atoms with Crippen LogP contribution in [-0.2, 0) is 6.42 Å². The van der Waals surface area contributed by atoms with Gasteiger partial charge in [-0.1, -0.05) is 0 Å². The zero-order chi connectivity index (χ0) is 11.5. The van der Waals surface area contributed by atoms with Crippen LogP contribution in [0, 0.1) is 11.6 Å². The summed E-state index contributed by atoms with van der Waals surface area (Å²) in [5.74, 6) is 0.367. The molecule has 2 rings (SSSR count). The fourth-order valence-corrected chi connectivity index (χ4v) is 3.34. The maximum Gasteiger partial charge on any atom is 0.126 e. The molecule has 0 spiro atoms.